The average molecular weight is 155 g/mol. The van der Waals surface area contributed by atoms with Crippen molar-refractivity contribution in [1.82, 2.24) is 5.32 Å². The molecule has 0 aromatic carbocycles. The molecule has 1 nitrogen and oxygen atoms in total. The summed E-state index contributed by atoms with van der Waals surface area (Å²) in [5.41, 5.74) is 1.29. The van der Waals surface area contributed by atoms with Crippen LogP contribution in [0.5, 0.6) is 0 Å². The minimum absolute atomic E-state index is 0.735. The summed E-state index contributed by atoms with van der Waals surface area (Å²) in [5, 5.41) is 3.40. The molecule has 0 heterocycles. The first kappa shape index (κ1) is 10.7. The standard InChI is InChI=1S/C10H21N/c1-5-6-11-8-10(4)7-9(2)3/h10-11H,2,5-8H2,1,3-4H3. The van der Waals surface area contributed by atoms with Crippen LogP contribution < -0.4 is 5.32 Å². The van der Waals surface area contributed by atoms with Crippen LogP contribution in [-0.4, -0.2) is 13.1 Å². The number of hydrogen-bond acceptors (Lipinski definition) is 1. The van der Waals surface area contributed by atoms with Gasteiger partial charge in [-0.05, 0) is 38.8 Å². The summed E-state index contributed by atoms with van der Waals surface area (Å²) >= 11 is 0. The van der Waals surface area contributed by atoms with Crippen LogP contribution in [-0.2, 0) is 0 Å². The molecule has 0 saturated carbocycles. The first-order valence-electron chi connectivity index (χ1n) is 4.52. The Kier molecular flexibility index (Phi) is 6.24. The van der Waals surface area contributed by atoms with Gasteiger partial charge in [-0.1, -0.05) is 19.4 Å². The fourth-order valence-electron chi connectivity index (χ4n) is 1.19. The molecule has 0 bridgehead atoms. The summed E-state index contributed by atoms with van der Waals surface area (Å²) in [5.74, 6) is 0.735. The maximum atomic E-state index is 3.90. The summed E-state index contributed by atoms with van der Waals surface area (Å²) in [4.78, 5) is 0. The molecule has 0 saturated heterocycles. The molecule has 66 valence electrons. The number of hydrogen-bond donors (Lipinski definition) is 1. The number of allylic oxidation sites excluding steroid dienone is 1. The predicted molar refractivity (Wildman–Crippen MR) is 51.8 cm³/mol. The first-order chi connectivity index (χ1) is 5.16. The Bertz CT molecular complexity index is 107. The highest BCUT2D eigenvalue weighted by Crippen LogP contribution is 2.06. The van der Waals surface area contributed by atoms with E-state index in [1.807, 2.05) is 0 Å². The quantitative estimate of drug-likeness (QED) is 0.459. The molecule has 0 fully saturated rings. The zero-order valence-corrected chi connectivity index (χ0v) is 8.11. The summed E-state index contributed by atoms with van der Waals surface area (Å²) in [6.07, 6.45) is 2.37. The lowest BCUT2D eigenvalue weighted by Crippen LogP contribution is -2.21. The van der Waals surface area contributed by atoms with Gasteiger partial charge in [-0.3, -0.25) is 0 Å². The molecule has 0 spiro atoms. The molecular weight excluding hydrogens is 134 g/mol. The van der Waals surface area contributed by atoms with Crippen LogP contribution in [0.1, 0.15) is 33.6 Å². The van der Waals surface area contributed by atoms with Gasteiger partial charge in [-0.2, -0.15) is 0 Å². The lowest BCUT2D eigenvalue weighted by atomic mass is 10.0. The van der Waals surface area contributed by atoms with Gasteiger partial charge in [-0.25, -0.2) is 0 Å². The van der Waals surface area contributed by atoms with Crippen LogP contribution in [0, 0.1) is 5.92 Å². The maximum Gasteiger partial charge on any atom is -0.00201 e. The minimum Gasteiger partial charge on any atom is -0.316 e. The van der Waals surface area contributed by atoms with Crippen molar-refractivity contribution in [3.8, 4) is 0 Å². The Labute approximate surface area is 70.9 Å². The van der Waals surface area contributed by atoms with Crippen LogP contribution in [0.3, 0.4) is 0 Å². The Balaban J connectivity index is 3.22. The van der Waals surface area contributed by atoms with Crippen LogP contribution in [0.25, 0.3) is 0 Å². The van der Waals surface area contributed by atoms with Crippen molar-refractivity contribution in [2.24, 2.45) is 5.92 Å². The molecule has 11 heavy (non-hydrogen) atoms. The van der Waals surface area contributed by atoms with Crippen molar-refractivity contribution in [1.29, 1.82) is 0 Å². The second kappa shape index (κ2) is 6.41. The molecule has 0 aliphatic carbocycles. The zero-order valence-electron chi connectivity index (χ0n) is 8.11. The summed E-state index contributed by atoms with van der Waals surface area (Å²) in [7, 11) is 0. The first-order valence-corrected chi connectivity index (χ1v) is 4.52. The van der Waals surface area contributed by atoms with Gasteiger partial charge in [0, 0.05) is 0 Å². The van der Waals surface area contributed by atoms with Crippen molar-refractivity contribution in [3.05, 3.63) is 12.2 Å². The van der Waals surface area contributed by atoms with E-state index in [-0.39, 0.29) is 0 Å². The molecule has 1 heteroatoms. The fourth-order valence-corrected chi connectivity index (χ4v) is 1.19. The van der Waals surface area contributed by atoms with Crippen LogP contribution >= 0.6 is 0 Å². The van der Waals surface area contributed by atoms with E-state index in [0.717, 1.165) is 25.4 Å². The van der Waals surface area contributed by atoms with E-state index >= 15 is 0 Å². The topological polar surface area (TPSA) is 12.0 Å². The molecule has 0 aliphatic rings. The lowest BCUT2D eigenvalue weighted by molar-refractivity contribution is 0.509. The van der Waals surface area contributed by atoms with E-state index < -0.39 is 0 Å². The third-order valence-corrected chi connectivity index (χ3v) is 1.62. The normalized spacial score (nSPS) is 13.0. The summed E-state index contributed by atoms with van der Waals surface area (Å²) in [6, 6.07) is 0. The van der Waals surface area contributed by atoms with Gasteiger partial charge in [0.05, 0.1) is 0 Å². The summed E-state index contributed by atoms with van der Waals surface area (Å²) in [6.45, 7) is 12.7. The fraction of sp³-hybridized carbons (Fsp3) is 0.800. The van der Waals surface area contributed by atoms with Crippen molar-refractivity contribution in [2.45, 2.75) is 33.6 Å². The molecule has 0 radical (unpaired) electrons. The lowest BCUT2D eigenvalue weighted by Gasteiger charge is -2.11. The van der Waals surface area contributed by atoms with E-state index in [9.17, 15) is 0 Å². The molecule has 0 aromatic heterocycles. The van der Waals surface area contributed by atoms with Gasteiger partial charge in [0.2, 0.25) is 0 Å². The van der Waals surface area contributed by atoms with E-state index in [1.165, 1.54) is 12.0 Å². The molecule has 0 aliphatic heterocycles. The second-order valence-corrected chi connectivity index (χ2v) is 3.47. The third kappa shape index (κ3) is 7.60. The molecular formula is C10H21N. The van der Waals surface area contributed by atoms with Gasteiger partial charge in [0.1, 0.15) is 0 Å². The van der Waals surface area contributed by atoms with Crippen molar-refractivity contribution >= 4 is 0 Å². The monoisotopic (exact) mass is 155 g/mol. The molecule has 0 aromatic rings. The van der Waals surface area contributed by atoms with Crippen molar-refractivity contribution < 1.29 is 0 Å². The average Bonchev–Trinajstić information content (AvgIpc) is 1.86. The predicted octanol–water partition coefficient (Wildman–Crippen LogP) is 2.59. The van der Waals surface area contributed by atoms with Crippen molar-refractivity contribution in [3.63, 3.8) is 0 Å². The van der Waals surface area contributed by atoms with Gasteiger partial charge in [0.25, 0.3) is 0 Å². The van der Waals surface area contributed by atoms with Crippen LogP contribution in [0.4, 0.5) is 0 Å². The van der Waals surface area contributed by atoms with Gasteiger partial charge >= 0.3 is 0 Å². The van der Waals surface area contributed by atoms with E-state index in [0.29, 0.717) is 0 Å². The number of nitrogens with one attached hydrogen (secondary N) is 1. The molecule has 0 amide bonds. The Morgan fingerprint density at radius 2 is 2.18 bits per heavy atom. The maximum absolute atomic E-state index is 3.90. The van der Waals surface area contributed by atoms with Gasteiger partial charge < -0.3 is 5.32 Å². The molecule has 1 N–H and O–H groups in total. The second-order valence-electron chi connectivity index (χ2n) is 3.47. The molecule has 1 unspecified atom stereocenters. The Morgan fingerprint density at radius 1 is 1.55 bits per heavy atom. The van der Waals surface area contributed by atoms with E-state index in [2.05, 4.69) is 32.7 Å². The third-order valence-electron chi connectivity index (χ3n) is 1.62. The minimum atomic E-state index is 0.735. The van der Waals surface area contributed by atoms with Crippen molar-refractivity contribution in [2.75, 3.05) is 13.1 Å². The van der Waals surface area contributed by atoms with Gasteiger partial charge in [0.15, 0.2) is 0 Å². The smallest absolute Gasteiger partial charge is 0.00201 e. The van der Waals surface area contributed by atoms with Gasteiger partial charge in [-0.15, -0.1) is 6.58 Å². The van der Waals surface area contributed by atoms with Crippen LogP contribution in [0.15, 0.2) is 12.2 Å². The Morgan fingerprint density at radius 3 is 2.64 bits per heavy atom. The highest BCUT2D eigenvalue weighted by Gasteiger charge is 1.99. The van der Waals surface area contributed by atoms with E-state index in [1.54, 1.807) is 0 Å². The number of rotatable bonds is 6. The SMILES string of the molecule is C=C(C)CC(C)CNCCC. The van der Waals surface area contributed by atoms with E-state index in [4.69, 9.17) is 0 Å². The molecule has 0 rings (SSSR count). The Hall–Kier alpha value is -0.300. The highest BCUT2D eigenvalue weighted by molar-refractivity contribution is 4.89. The zero-order chi connectivity index (χ0) is 8.69. The largest absolute Gasteiger partial charge is 0.316 e. The van der Waals surface area contributed by atoms with Crippen LogP contribution in [0.2, 0.25) is 0 Å². The highest BCUT2D eigenvalue weighted by atomic mass is 14.8. The molecule has 1 atom stereocenters. The summed E-state index contributed by atoms with van der Waals surface area (Å²) < 4.78 is 0.